The lowest BCUT2D eigenvalue weighted by molar-refractivity contribution is 0.0858. The monoisotopic (exact) mass is 434 g/mol. The fraction of sp³-hybridized carbons (Fsp3) is 0.360. The summed E-state index contributed by atoms with van der Waals surface area (Å²) in [6, 6.07) is 14.4. The Morgan fingerprint density at radius 1 is 1.06 bits per heavy atom. The summed E-state index contributed by atoms with van der Waals surface area (Å²) in [5.41, 5.74) is 1.66. The van der Waals surface area contributed by atoms with Gasteiger partial charge in [-0.05, 0) is 60.7 Å². The number of anilines is 2. The molecule has 32 heavy (non-hydrogen) atoms. The van der Waals surface area contributed by atoms with E-state index in [1.54, 1.807) is 0 Å². The van der Waals surface area contributed by atoms with Crippen LogP contribution in [-0.4, -0.2) is 56.3 Å². The first-order valence-electron chi connectivity index (χ1n) is 11.2. The Bertz CT molecular complexity index is 1090. The highest BCUT2D eigenvalue weighted by molar-refractivity contribution is 6.01. The van der Waals surface area contributed by atoms with Crippen molar-refractivity contribution in [3.8, 4) is 0 Å². The average Bonchev–Trinajstić information content (AvgIpc) is 3.36. The number of benzene rings is 2. The van der Waals surface area contributed by atoms with Crippen molar-refractivity contribution in [3.05, 3.63) is 66.1 Å². The molecule has 3 aromatic rings. The van der Waals surface area contributed by atoms with Crippen LogP contribution in [0.15, 0.2) is 54.7 Å². The minimum atomic E-state index is -0.219. The summed E-state index contributed by atoms with van der Waals surface area (Å²) in [6.07, 6.45) is 3.99. The van der Waals surface area contributed by atoms with Gasteiger partial charge in [0.25, 0.3) is 5.91 Å². The van der Waals surface area contributed by atoms with Crippen molar-refractivity contribution in [1.29, 1.82) is 0 Å². The topological polar surface area (TPSA) is 57.7 Å². The summed E-state index contributed by atoms with van der Waals surface area (Å²) in [6.45, 7) is 4.58. The molecular weight excluding hydrogens is 407 g/mol. The Labute approximate surface area is 187 Å². The van der Waals surface area contributed by atoms with Crippen molar-refractivity contribution >= 4 is 28.2 Å². The second kappa shape index (κ2) is 9.12. The highest BCUT2D eigenvalue weighted by Crippen LogP contribution is 2.27. The van der Waals surface area contributed by atoms with Crippen LogP contribution in [0.4, 0.5) is 15.9 Å². The number of nitrogens with zero attached hydrogens (tertiary/aromatic N) is 3. The van der Waals surface area contributed by atoms with Gasteiger partial charge in [0.1, 0.15) is 11.6 Å². The standard InChI is InChI=1S/C25H27FN4O2/c26-20-5-7-21(8-6-20)29-11-13-30(14-12-29)24-23-16-19(4-3-18(23)9-10-27-24)25(31)28-17-22-2-1-15-32-22/h3-10,16,22H,1-2,11-15,17H2,(H,28,31). The fourth-order valence-electron chi connectivity index (χ4n) is 4.49. The third-order valence-corrected chi connectivity index (χ3v) is 6.29. The van der Waals surface area contributed by atoms with E-state index in [4.69, 9.17) is 4.74 Å². The van der Waals surface area contributed by atoms with Crippen LogP contribution in [0, 0.1) is 5.82 Å². The first kappa shape index (κ1) is 20.7. The summed E-state index contributed by atoms with van der Waals surface area (Å²) in [4.78, 5) is 21.9. The molecule has 2 aromatic carbocycles. The molecule has 1 unspecified atom stereocenters. The molecule has 0 radical (unpaired) electrons. The van der Waals surface area contributed by atoms with Gasteiger partial charge in [-0.25, -0.2) is 9.37 Å². The van der Waals surface area contributed by atoms with Crippen LogP contribution in [0.1, 0.15) is 23.2 Å². The number of carbonyl (C=O) groups excluding carboxylic acids is 1. The molecule has 0 spiro atoms. The fourth-order valence-corrected chi connectivity index (χ4v) is 4.49. The van der Waals surface area contributed by atoms with E-state index in [2.05, 4.69) is 20.1 Å². The zero-order valence-corrected chi connectivity index (χ0v) is 18.0. The number of hydrogen-bond donors (Lipinski definition) is 1. The van der Waals surface area contributed by atoms with E-state index in [-0.39, 0.29) is 17.8 Å². The molecule has 1 N–H and O–H groups in total. The maximum Gasteiger partial charge on any atom is 0.251 e. The molecule has 5 rings (SSSR count). The Morgan fingerprint density at radius 3 is 2.59 bits per heavy atom. The second-order valence-electron chi connectivity index (χ2n) is 8.37. The van der Waals surface area contributed by atoms with Crippen LogP contribution >= 0.6 is 0 Å². The van der Waals surface area contributed by atoms with Crippen LogP contribution in [0.5, 0.6) is 0 Å². The van der Waals surface area contributed by atoms with Gasteiger partial charge in [-0.2, -0.15) is 0 Å². The van der Waals surface area contributed by atoms with E-state index in [0.29, 0.717) is 12.1 Å². The maximum absolute atomic E-state index is 13.2. The van der Waals surface area contributed by atoms with Crippen LogP contribution in [0.2, 0.25) is 0 Å². The number of ether oxygens (including phenoxy) is 1. The van der Waals surface area contributed by atoms with Gasteiger partial charge in [-0.1, -0.05) is 6.07 Å². The lowest BCUT2D eigenvalue weighted by Gasteiger charge is -2.37. The number of rotatable bonds is 5. The molecule has 2 saturated heterocycles. The van der Waals surface area contributed by atoms with Crippen LogP contribution in [0.25, 0.3) is 10.8 Å². The Kier molecular flexibility index (Phi) is 5.90. The number of piperazine rings is 1. The van der Waals surface area contributed by atoms with Gasteiger partial charge < -0.3 is 19.9 Å². The van der Waals surface area contributed by atoms with Crippen molar-refractivity contribution < 1.29 is 13.9 Å². The molecule has 2 aliphatic rings. The largest absolute Gasteiger partial charge is 0.376 e. The number of halogens is 1. The predicted molar refractivity (Wildman–Crippen MR) is 124 cm³/mol. The van der Waals surface area contributed by atoms with Crippen LogP contribution in [0.3, 0.4) is 0 Å². The van der Waals surface area contributed by atoms with Crippen molar-refractivity contribution in [3.63, 3.8) is 0 Å². The van der Waals surface area contributed by atoms with Gasteiger partial charge in [-0.3, -0.25) is 4.79 Å². The summed E-state index contributed by atoms with van der Waals surface area (Å²) in [7, 11) is 0. The van der Waals surface area contributed by atoms with Crippen molar-refractivity contribution in [1.82, 2.24) is 10.3 Å². The predicted octanol–water partition coefficient (Wildman–Crippen LogP) is 3.61. The van der Waals surface area contributed by atoms with Crippen molar-refractivity contribution in [2.75, 3.05) is 49.1 Å². The molecule has 0 aliphatic carbocycles. The molecule has 2 fully saturated rings. The molecule has 1 atom stereocenters. The third-order valence-electron chi connectivity index (χ3n) is 6.29. The Balaban J connectivity index is 1.31. The number of nitrogens with one attached hydrogen (secondary N) is 1. The smallest absolute Gasteiger partial charge is 0.251 e. The second-order valence-corrected chi connectivity index (χ2v) is 8.37. The van der Waals surface area contributed by atoms with Crippen molar-refractivity contribution in [2.45, 2.75) is 18.9 Å². The van der Waals surface area contributed by atoms with Gasteiger partial charge >= 0.3 is 0 Å². The molecule has 7 heteroatoms. The van der Waals surface area contributed by atoms with E-state index in [1.165, 1.54) is 12.1 Å². The average molecular weight is 435 g/mol. The molecule has 1 amide bonds. The van der Waals surface area contributed by atoms with Gasteiger partial charge in [-0.15, -0.1) is 0 Å². The highest BCUT2D eigenvalue weighted by Gasteiger charge is 2.21. The van der Waals surface area contributed by atoms with Crippen LogP contribution < -0.4 is 15.1 Å². The first-order valence-corrected chi connectivity index (χ1v) is 11.2. The van der Waals surface area contributed by atoms with Crippen LogP contribution in [-0.2, 0) is 4.74 Å². The van der Waals surface area contributed by atoms with E-state index < -0.39 is 0 Å². The van der Waals surface area contributed by atoms with E-state index >= 15 is 0 Å². The van der Waals surface area contributed by atoms with Gasteiger partial charge in [0.2, 0.25) is 0 Å². The molecule has 2 aliphatic heterocycles. The normalized spacial score (nSPS) is 18.8. The van der Waals surface area contributed by atoms with E-state index in [1.807, 2.05) is 42.6 Å². The molecule has 0 bridgehead atoms. The number of carbonyl (C=O) groups is 1. The number of hydrogen-bond acceptors (Lipinski definition) is 5. The summed E-state index contributed by atoms with van der Waals surface area (Å²) < 4.78 is 18.8. The Morgan fingerprint density at radius 2 is 1.84 bits per heavy atom. The zero-order valence-electron chi connectivity index (χ0n) is 18.0. The lowest BCUT2D eigenvalue weighted by atomic mass is 10.1. The molecule has 166 valence electrons. The molecule has 0 saturated carbocycles. The van der Waals surface area contributed by atoms with Gasteiger partial charge in [0.05, 0.1) is 6.10 Å². The van der Waals surface area contributed by atoms with E-state index in [0.717, 1.165) is 67.9 Å². The third kappa shape index (κ3) is 4.39. The minimum Gasteiger partial charge on any atom is -0.376 e. The molecule has 6 nitrogen and oxygen atoms in total. The quantitative estimate of drug-likeness (QED) is 0.665. The SMILES string of the molecule is O=C(NCC1CCCO1)c1ccc2ccnc(N3CCN(c4ccc(F)cc4)CC3)c2c1. The van der Waals surface area contributed by atoms with E-state index in [9.17, 15) is 9.18 Å². The molecule has 1 aromatic heterocycles. The van der Waals surface area contributed by atoms with Gasteiger partial charge in [0.15, 0.2) is 0 Å². The molecule has 3 heterocycles. The lowest BCUT2D eigenvalue weighted by Crippen LogP contribution is -2.46. The summed E-state index contributed by atoms with van der Waals surface area (Å²) >= 11 is 0. The highest BCUT2D eigenvalue weighted by atomic mass is 19.1. The Hall–Kier alpha value is -3.19. The number of fused-ring (bicyclic) bond motifs is 1. The first-order chi connectivity index (χ1) is 15.7. The number of amides is 1. The zero-order chi connectivity index (χ0) is 21.9. The summed E-state index contributed by atoms with van der Waals surface area (Å²) in [5, 5.41) is 5.04. The molecular formula is C25H27FN4O2. The summed E-state index contributed by atoms with van der Waals surface area (Å²) in [5.74, 6) is 0.594. The van der Waals surface area contributed by atoms with Gasteiger partial charge in [0, 0.05) is 62.2 Å². The number of aromatic nitrogens is 1. The van der Waals surface area contributed by atoms with Crippen molar-refractivity contribution in [2.24, 2.45) is 0 Å². The minimum absolute atomic E-state index is 0.0849. The maximum atomic E-state index is 13.2. The number of pyridine rings is 1.